The first kappa shape index (κ1) is 27.1. The largest absolute Gasteiger partial charge is 0.472 e. The fourth-order valence-corrected chi connectivity index (χ4v) is 5.37. The van der Waals surface area contributed by atoms with Crippen LogP contribution in [0.5, 0.6) is 0 Å². The first-order valence-corrected chi connectivity index (χ1v) is 14.2. The average molecular weight is 433 g/mol. The molecule has 0 aromatic rings. The van der Waals surface area contributed by atoms with Gasteiger partial charge >= 0.3 is 7.82 Å². The topological polar surface area (TPSA) is 55.8 Å². The molecule has 29 heavy (non-hydrogen) atoms. The molecular weight excluding hydrogens is 383 g/mol. The number of phosphoric ester groups is 1. The highest BCUT2D eigenvalue weighted by molar-refractivity contribution is 7.47. The van der Waals surface area contributed by atoms with Gasteiger partial charge in [-0.1, -0.05) is 110 Å². The van der Waals surface area contributed by atoms with E-state index in [1.54, 1.807) is 0 Å². The molecule has 0 aliphatic heterocycles. The molecule has 1 N–H and O–H groups in total. The number of unbranched alkanes of at least 4 members (excludes halogenated alkanes) is 10. The van der Waals surface area contributed by atoms with Crippen molar-refractivity contribution in [3.63, 3.8) is 0 Å². The van der Waals surface area contributed by atoms with Gasteiger partial charge < -0.3 is 4.89 Å². The Labute approximate surface area is 181 Å². The molecule has 1 aliphatic rings. The molecule has 2 unspecified atom stereocenters. The van der Waals surface area contributed by atoms with Crippen molar-refractivity contribution in [2.45, 2.75) is 142 Å². The lowest BCUT2D eigenvalue weighted by atomic mass is 9.95. The maximum atomic E-state index is 12.4. The fourth-order valence-electron chi connectivity index (χ4n) is 4.33. The Morgan fingerprint density at radius 2 is 1.28 bits per heavy atom. The molecular formula is C24H49O4P. The molecule has 0 amide bonds. The molecule has 5 heteroatoms. The lowest BCUT2D eigenvalue weighted by Gasteiger charge is -2.25. The van der Waals surface area contributed by atoms with Crippen LogP contribution in [0.15, 0.2) is 0 Å². The minimum Gasteiger partial charge on any atom is -0.302 e. The average Bonchev–Trinajstić information content (AvgIpc) is 2.71. The molecule has 0 aromatic carbocycles. The molecule has 1 fully saturated rings. The predicted octanol–water partition coefficient (Wildman–Crippen LogP) is 8.57. The van der Waals surface area contributed by atoms with Crippen molar-refractivity contribution < 1.29 is 18.5 Å². The van der Waals surface area contributed by atoms with Gasteiger partial charge in [0.25, 0.3) is 0 Å². The monoisotopic (exact) mass is 432 g/mol. The summed E-state index contributed by atoms with van der Waals surface area (Å²) in [6, 6.07) is 0. The molecule has 2 atom stereocenters. The van der Waals surface area contributed by atoms with Crippen LogP contribution in [-0.2, 0) is 13.6 Å². The second kappa shape index (κ2) is 17.8. The number of hydrogen-bond donors (Lipinski definition) is 1. The van der Waals surface area contributed by atoms with Crippen molar-refractivity contribution in [1.29, 1.82) is 0 Å². The Kier molecular flexibility index (Phi) is 16.6. The molecule has 1 aliphatic carbocycles. The third-order valence-corrected chi connectivity index (χ3v) is 7.28. The van der Waals surface area contributed by atoms with Crippen molar-refractivity contribution >= 4 is 7.82 Å². The Hall–Kier alpha value is 0.110. The number of phosphoric acid groups is 1. The van der Waals surface area contributed by atoms with Crippen LogP contribution in [0.4, 0.5) is 0 Å². The SMILES string of the molecule is CCCCCCCCCC(CCCCCCC)COP(=O)(O)OC1CCCCC1. The Balaban J connectivity index is 2.31. The van der Waals surface area contributed by atoms with Gasteiger partial charge in [0.15, 0.2) is 0 Å². The zero-order valence-electron chi connectivity index (χ0n) is 19.4. The van der Waals surface area contributed by atoms with Crippen molar-refractivity contribution in [2.24, 2.45) is 5.92 Å². The summed E-state index contributed by atoms with van der Waals surface area (Å²) in [4.78, 5) is 10.2. The summed E-state index contributed by atoms with van der Waals surface area (Å²) < 4.78 is 23.3. The van der Waals surface area contributed by atoms with Gasteiger partial charge in [-0.25, -0.2) is 4.57 Å². The van der Waals surface area contributed by atoms with Crippen LogP contribution in [-0.4, -0.2) is 17.6 Å². The molecule has 1 rings (SSSR count). The van der Waals surface area contributed by atoms with Crippen molar-refractivity contribution in [3.05, 3.63) is 0 Å². The van der Waals surface area contributed by atoms with E-state index in [0.717, 1.165) is 38.5 Å². The summed E-state index contributed by atoms with van der Waals surface area (Å²) in [6.45, 7) is 4.86. The predicted molar refractivity (Wildman–Crippen MR) is 123 cm³/mol. The van der Waals surface area contributed by atoms with Crippen LogP contribution < -0.4 is 0 Å². The van der Waals surface area contributed by atoms with E-state index in [0.29, 0.717) is 12.5 Å². The molecule has 0 aromatic heterocycles. The first-order valence-electron chi connectivity index (χ1n) is 12.7. The molecule has 0 spiro atoms. The van der Waals surface area contributed by atoms with E-state index in [-0.39, 0.29) is 6.10 Å². The van der Waals surface area contributed by atoms with Gasteiger partial charge in [0.05, 0.1) is 12.7 Å². The highest BCUT2D eigenvalue weighted by Crippen LogP contribution is 2.47. The summed E-state index contributed by atoms with van der Waals surface area (Å²) in [5.74, 6) is 0.377. The second-order valence-electron chi connectivity index (χ2n) is 9.11. The molecule has 0 radical (unpaired) electrons. The smallest absolute Gasteiger partial charge is 0.302 e. The lowest BCUT2D eigenvalue weighted by molar-refractivity contribution is 0.0722. The third kappa shape index (κ3) is 15.5. The standard InChI is InChI=1S/C24H49O4P/c1-3-5-7-9-10-12-15-19-23(18-14-11-8-6-4-2)22-27-29(25,26)28-24-20-16-13-17-21-24/h23-24H,3-22H2,1-2H3,(H,25,26). The zero-order chi connectivity index (χ0) is 21.2. The molecule has 4 nitrogen and oxygen atoms in total. The minimum atomic E-state index is -3.92. The summed E-state index contributed by atoms with van der Waals surface area (Å²) in [6.07, 6.45) is 22.7. The molecule has 174 valence electrons. The number of hydrogen-bond acceptors (Lipinski definition) is 3. The first-order chi connectivity index (χ1) is 14.1. The van der Waals surface area contributed by atoms with E-state index >= 15 is 0 Å². The van der Waals surface area contributed by atoms with Crippen LogP contribution >= 0.6 is 7.82 Å². The van der Waals surface area contributed by atoms with E-state index in [2.05, 4.69) is 13.8 Å². The number of rotatable bonds is 19. The Morgan fingerprint density at radius 3 is 1.79 bits per heavy atom. The maximum absolute atomic E-state index is 12.4. The highest BCUT2D eigenvalue weighted by Gasteiger charge is 2.28. The van der Waals surface area contributed by atoms with Gasteiger partial charge in [0, 0.05) is 0 Å². The minimum absolute atomic E-state index is 0.102. The van der Waals surface area contributed by atoms with E-state index in [1.807, 2.05) is 0 Å². The fraction of sp³-hybridized carbons (Fsp3) is 1.00. The normalized spacial score (nSPS) is 18.6. The van der Waals surface area contributed by atoms with Crippen molar-refractivity contribution in [1.82, 2.24) is 0 Å². The Bertz CT molecular complexity index is 410. The molecule has 0 heterocycles. The van der Waals surface area contributed by atoms with Gasteiger partial charge in [-0.3, -0.25) is 9.05 Å². The second-order valence-corrected chi connectivity index (χ2v) is 10.5. The van der Waals surface area contributed by atoms with Crippen LogP contribution in [0.1, 0.15) is 136 Å². The van der Waals surface area contributed by atoms with Crippen LogP contribution in [0.2, 0.25) is 0 Å². The summed E-state index contributed by atoms with van der Waals surface area (Å²) in [5, 5.41) is 0. The van der Waals surface area contributed by atoms with E-state index in [9.17, 15) is 9.46 Å². The van der Waals surface area contributed by atoms with Crippen molar-refractivity contribution in [2.75, 3.05) is 6.61 Å². The third-order valence-electron chi connectivity index (χ3n) is 6.24. The summed E-state index contributed by atoms with van der Waals surface area (Å²) in [5.41, 5.74) is 0. The van der Waals surface area contributed by atoms with Crippen LogP contribution in [0, 0.1) is 5.92 Å². The van der Waals surface area contributed by atoms with E-state index in [4.69, 9.17) is 9.05 Å². The van der Waals surface area contributed by atoms with E-state index in [1.165, 1.54) is 83.5 Å². The van der Waals surface area contributed by atoms with Gasteiger partial charge in [-0.15, -0.1) is 0 Å². The van der Waals surface area contributed by atoms with Gasteiger partial charge in [-0.05, 0) is 31.6 Å². The molecule has 0 bridgehead atoms. The quantitative estimate of drug-likeness (QED) is 0.164. The Morgan fingerprint density at radius 1 is 0.793 bits per heavy atom. The lowest BCUT2D eigenvalue weighted by Crippen LogP contribution is -2.17. The van der Waals surface area contributed by atoms with E-state index < -0.39 is 7.82 Å². The van der Waals surface area contributed by atoms with Gasteiger partial charge in [0.1, 0.15) is 0 Å². The summed E-state index contributed by atoms with van der Waals surface area (Å²) in [7, 11) is -3.92. The summed E-state index contributed by atoms with van der Waals surface area (Å²) >= 11 is 0. The van der Waals surface area contributed by atoms with Crippen LogP contribution in [0.3, 0.4) is 0 Å². The molecule has 0 saturated heterocycles. The van der Waals surface area contributed by atoms with Crippen molar-refractivity contribution in [3.8, 4) is 0 Å². The highest BCUT2D eigenvalue weighted by atomic mass is 31.2. The van der Waals surface area contributed by atoms with Gasteiger partial charge in [-0.2, -0.15) is 0 Å². The zero-order valence-corrected chi connectivity index (χ0v) is 20.3. The molecule has 1 saturated carbocycles. The maximum Gasteiger partial charge on any atom is 0.472 e. The van der Waals surface area contributed by atoms with Crippen LogP contribution in [0.25, 0.3) is 0 Å². The van der Waals surface area contributed by atoms with Gasteiger partial charge in [0.2, 0.25) is 0 Å².